The van der Waals surface area contributed by atoms with Crippen molar-refractivity contribution in [2.24, 2.45) is 0 Å². The van der Waals surface area contributed by atoms with Crippen LogP contribution in [-0.2, 0) is 4.74 Å². The summed E-state index contributed by atoms with van der Waals surface area (Å²) < 4.78 is 6.55. The van der Waals surface area contributed by atoms with Crippen molar-refractivity contribution in [3.63, 3.8) is 0 Å². The summed E-state index contributed by atoms with van der Waals surface area (Å²) in [7, 11) is 0. The van der Waals surface area contributed by atoms with E-state index in [2.05, 4.69) is 27.9 Å². The molecule has 1 amide bonds. The van der Waals surface area contributed by atoms with E-state index in [1.165, 1.54) is 0 Å². The van der Waals surface area contributed by atoms with Crippen LogP contribution in [0.2, 0.25) is 0 Å². The van der Waals surface area contributed by atoms with Crippen LogP contribution in [0.5, 0.6) is 5.75 Å². The van der Waals surface area contributed by atoms with Crippen LogP contribution in [0.1, 0.15) is 37.0 Å². The first-order valence-electron chi connectivity index (χ1n) is 6.31. The van der Waals surface area contributed by atoms with Gasteiger partial charge in [0.1, 0.15) is 5.75 Å². The second kappa shape index (κ2) is 5.66. The van der Waals surface area contributed by atoms with Crippen LogP contribution in [0.4, 0.5) is 0 Å². The molecule has 0 aliphatic carbocycles. The standard InChI is InChI=1S/C14H18INO3/c1-14(2)8-10(5-6-19-14)16-13(18)11-7-9(15)3-4-12(11)17/h3-4,7,10,17H,5-6,8H2,1-2H3,(H,16,18). The van der Waals surface area contributed by atoms with Crippen molar-refractivity contribution in [1.29, 1.82) is 0 Å². The molecule has 5 heteroatoms. The predicted molar refractivity (Wildman–Crippen MR) is 81.3 cm³/mol. The summed E-state index contributed by atoms with van der Waals surface area (Å²) in [4.78, 5) is 12.2. The fourth-order valence-electron chi connectivity index (χ4n) is 2.31. The minimum atomic E-state index is -0.223. The third-order valence-corrected chi connectivity index (χ3v) is 3.91. The van der Waals surface area contributed by atoms with Gasteiger partial charge in [0.2, 0.25) is 0 Å². The first-order chi connectivity index (χ1) is 8.87. The van der Waals surface area contributed by atoms with Gasteiger partial charge in [-0.15, -0.1) is 0 Å². The number of hydrogen-bond donors (Lipinski definition) is 2. The lowest BCUT2D eigenvalue weighted by Crippen LogP contribution is -2.45. The lowest BCUT2D eigenvalue weighted by Gasteiger charge is -2.35. The Balaban J connectivity index is 2.06. The van der Waals surface area contributed by atoms with Gasteiger partial charge in [0.15, 0.2) is 0 Å². The topological polar surface area (TPSA) is 58.6 Å². The molecule has 1 atom stereocenters. The van der Waals surface area contributed by atoms with Gasteiger partial charge in [-0.3, -0.25) is 4.79 Å². The molecule has 1 aliphatic rings. The monoisotopic (exact) mass is 375 g/mol. The minimum Gasteiger partial charge on any atom is -0.507 e. The first kappa shape index (κ1) is 14.6. The smallest absolute Gasteiger partial charge is 0.255 e. The Morgan fingerprint density at radius 3 is 2.95 bits per heavy atom. The summed E-state index contributed by atoms with van der Waals surface area (Å²) >= 11 is 2.12. The molecule has 1 aromatic carbocycles. The Morgan fingerprint density at radius 1 is 1.53 bits per heavy atom. The van der Waals surface area contributed by atoms with Crippen molar-refractivity contribution >= 4 is 28.5 Å². The number of halogens is 1. The van der Waals surface area contributed by atoms with Crippen LogP contribution >= 0.6 is 22.6 Å². The molecule has 104 valence electrons. The number of hydrogen-bond acceptors (Lipinski definition) is 3. The zero-order valence-corrected chi connectivity index (χ0v) is 13.2. The molecule has 0 saturated carbocycles. The molecular formula is C14H18INO3. The van der Waals surface area contributed by atoms with E-state index in [1.807, 2.05) is 13.8 Å². The summed E-state index contributed by atoms with van der Waals surface area (Å²) in [6, 6.07) is 5.10. The number of rotatable bonds is 2. The Morgan fingerprint density at radius 2 is 2.26 bits per heavy atom. The molecule has 1 heterocycles. The predicted octanol–water partition coefficient (Wildman–Crippen LogP) is 2.68. The Hall–Kier alpha value is -0.820. The largest absolute Gasteiger partial charge is 0.507 e. The van der Waals surface area contributed by atoms with Gasteiger partial charge in [-0.25, -0.2) is 0 Å². The van der Waals surface area contributed by atoms with Crippen LogP contribution < -0.4 is 5.32 Å². The average molecular weight is 375 g/mol. The van der Waals surface area contributed by atoms with Gasteiger partial charge in [-0.05, 0) is 67.5 Å². The van der Waals surface area contributed by atoms with Crippen LogP contribution in [0.3, 0.4) is 0 Å². The second-order valence-electron chi connectivity index (χ2n) is 5.43. The van der Waals surface area contributed by atoms with Gasteiger partial charge in [0.25, 0.3) is 5.91 Å². The van der Waals surface area contributed by atoms with E-state index in [1.54, 1.807) is 18.2 Å². The van der Waals surface area contributed by atoms with E-state index in [9.17, 15) is 9.90 Å². The lowest BCUT2D eigenvalue weighted by molar-refractivity contribution is -0.0615. The molecule has 1 saturated heterocycles. The maximum absolute atomic E-state index is 12.2. The van der Waals surface area contributed by atoms with Crippen molar-refractivity contribution in [3.8, 4) is 5.75 Å². The van der Waals surface area contributed by atoms with E-state index in [-0.39, 0.29) is 23.3 Å². The van der Waals surface area contributed by atoms with E-state index >= 15 is 0 Å². The quantitative estimate of drug-likeness (QED) is 0.782. The van der Waals surface area contributed by atoms with Crippen LogP contribution in [-0.4, -0.2) is 29.3 Å². The highest BCUT2D eigenvalue weighted by Gasteiger charge is 2.30. The molecule has 1 aliphatic heterocycles. The summed E-state index contributed by atoms with van der Waals surface area (Å²) in [5.74, 6) is -0.206. The van der Waals surface area contributed by atoms with Crippen LogP contribution in [0, 0.1) is 3.57 Å². The number of carbonyl (C=O) groups excluding carboxylic acids is 1. The number of carbonyl (C=O) groups is 1. The van der Waals surface area contributed by atoms with Crippen molar-refractivity contribution in [2.75, 3.05) is 6.61 Å². The van der Waals surface area contributed by atoms with E-state index in [0.29, 0.717) is 12.2 Å². The van der Waals surface area contributed by atoms with E-state index < -0.39 is 0 Å². The Labute approximate surface area is 126 Å². The molecular weight excluding hydrogens is 357 g/mol. The number of ether oxygens (including phenoxy) is 1. The Kier molecular flexibility index (Phi) is 4.35. The molecule has 19 heavy (non-hydrogen) atoms. The third-order valence-electron chi connectivity index (χ3n) is 3.24. The summed E-state index contributed by atoms with van der Waals surface area (Å²) in [5.41, 5.74) is 0.125. The minimum absolute atomic E-state index is 0.0178. The lowest BCUT2D eigenvalue weighted by atomic mass is 9.93. The zero-order valence-electron chi connectivity index (χ0n) is 11.1. The van der Waals surface area contributed by atoms with Crippen LogP contribution in [0.15, 0.2) is 18.2 Å². The molecule has 4 nitrogen and oxygen atoms in total. The summed E-state index contributed by atoms with van der Waals surface area (Å²) in [6.07, 6.45) is 1.59. The molecule has 0 bridgehead atoms. The van der Waals surface area contributed by atoms with Crippen molar-refractivity contribution in [2.45, 2.75) is 38.3 Å². The second-order valence-corrected chi connectivity index (χ2v) is 6.68. The number of amides is 1. The number of aromatic hydroxyl groups is 1. The molecule has 0 spiro atoms. The molecule has 2 rings (SSSR count). The number of phenols is 1. The van der Waals surface area contributed by atoms with E-state index in [0.717, 1.165) is 16.4 Å². The van der Waals surface area contributed by atoms with Gasteiger partial charge in [-0.2, -0.15) is 0 Å². The average Bonchev–Trinajstić information content (AvgIpc) is 2.31. The molecule has 1 fully saturated rings. The molecule has 1 aromatic rings. The highest BCUT2D eigenvalue weighted by Crippen LogP contribution is 2.25. The summed E-state index contributed by atoms with van der Waals surface area (Å²) in [5, 5.41) is 12.7. The van der Waals surface area contributed by atoms with Crippen molar-refractivity contribution in [3.05, 3.63) is 27.3 Å². The number of benzene rings is 1. The van der Waals surface area contributed by atoms with Gasteiger partial charge in [0, 0.05) is 16.2 Å². The first-order valence-corrected chi connectivity index (χ1v) is 7.39. The normalized spacial score (nSPS) is 21.9. The van der Waals surface area contributed by atoms with Gasteiger partial charge >= 0.3 is 0 Å². The third kappa shape index (κ3) is 3.82. The molecule has 1 unspecified atom stereocenters. The molecule has 0 aromatic heterocycles. The highest BCUT2D eigenvalue weighted by molar-refractivity contribution is 14.1. The fraction of sp³-hybridized carbons (Fsp3) is 0.500. The molecule has 2 N–H and O–H groups in total. The van der Waals surface area contributed by atoms with Gasteiger partial charge < -0.3 is 15.2 Å². The fourth-order valence-corrected chi connectivity index (χ4v) is 2.80. The number of nitrogens with one attached hydrogen (secondary N) is 1. The highest BCUT2D eigenvalue weighted by atomic mass is 127. The molecule has 0 radical (unpaired) electrons. The van der Waals surface area contributed by atoms with Gasteiger partial charge in [-0.1, -0.05) is 0 Å². The maximum atomic E-state index is 12.2. The SMILES string of the molecule is CC1(C)CC(NC(=O)c2cc(I)ccc2O)CCO1. The van der Waals surface area contributed by atoms with Crippen LogP contribution in [0.25, 0.3) is 0 Å². The van der Waals surface area contributed by atoms with Gasteiger partial charge in [0.05, 0.1) is 11.2 Å². The van der Waals surface area contributed by atoms with E-state index in [4.69, 9.17) is 4.74 Å². The maximum Gasteiger partial charge on any atom is 0.255 e. The summed E-state index contributed by atoms with van der Waals surface area (Å²) in [6.45, 7) is 4.69. The van der Waals surface area contributed by atoms with Crippen molar-refractivity contribution in [1.82, 2.24) is 5.32 Å². The number of phenolic OH excluding ortho intramolecular Hbond substituents is 1. The van der Waals surface area contributed by atoms with Crippen molar-refractivity contribution < 1.29 is 14.6 Å². The zero-order chi connectivity index (χ0) is 14.0. The Bertz CT molecular complexity index is 488.